The Hall–Kier alpha value is -2.69. The van der Waals surface area contributed by atoms with E-state index in [2.05, 4.69) is 21.3 Å². The zero-order valence-corrected chi connectivity index (χ0v) is 16.9. The molecule has 1 aliphatic rings. The van der Waals surface area contributed by atoms with Crippen molar-refractivity contribution in [2.24, 2.45) is 5.92 Å². The molecule has 0 radical (unpaired) electrons. The lowest BCUT2D eigenvalue weighted by Crippen LogP contribution is -2.58. The van der Waals surface area contributed by atoms with Gasteiger partial charge in [-0.3, -0.25) is 24.0 Å². The van der Waals surface area contributed by atoms with Crippen LogP contribution in [0.2, 0.25) is 0 Å². The number of carbonyl (C=O) groups excluding carboxylic acids is 3. The van der Waals surface area contributed by atoms with E-state index in [9.17, 15) is 24.0 Å². The first kappa shape index (κ1) is 24.3. The molecule has 1 heterocycles. The highest BCUT2D eigenvalue weighted by molar-refractivity contribution is 5.94. The summed E-state index contributed by atoms with van der Waals surface area (Å²) in [6.07, 6.45) is 0.900. The largest absolute Gasteiger partial charge is 0.481 e. The Balaban J connectivity index is 2.84. The number of aliphatic carboxylic acids is 2. The van der Waals surface area contributed by atoms with Crippen molar-refractivity contribution in [2.75, 3.05) is 6.54 Å². The van der Waals surface area contributed by atoms with Crippen LogP contribution in [0.15, 0.2) is 0 Å². The molecule has 1 fully saturated rings. The normalized spacial score (nSPS) is 19.1. The molecule has 1 rings (SSSR count). The maximum atomic E-state index is 12.7. The van der Waals surface area contributed by atoms with Crippen LogP contribution in [-0.2, 0) is 24.0 Å². The average molecular weight is 414 g/mol. The second kappa shape index (κ2) is 11.3. The van der Waals surface area contributed by atoms with Gasteiger partial charge in [0.05, 0.1) is 6.04 Å². The van der Waals surface area contributed by atoms with E-state index >= 15 is 0 Å². The molecule has 0 aromatic carbocycles. The monoisotopic (exact) mass is 414 g/mol. The van der Waals surface area contributed by atoms with E-state index in [0.29, 0.717) is 6.42 Å². The molecule has 164 valence electrons. The summed E-state index contributed by atoms with van der Waals surface area (Å²) in [6.45, 7) is 5.43. The number of hydrogen-bond acceptors (Lipinski definition) is 6. The van der Waals surface area contributed by atoms with Crippen molar-refractivity contribution in [1.82, 2.24) is 21.3 Å². The third-order valence-electron chi connectivity index (χ3n) is 4.63. The number of rotatable bonds is 11. The molecule has 4 unspecified atom stereocenters. The lowest BCUT2D eigenvalue weighted by atomic mass is 10.0. The van der Waals surface area contributed by atoms with E-state index in [4.69, 9.17) is 10.2 Å². The van der Waals surface area contributed by atoms with Gasteiger partial charge in [0, 0.05) is 6.42 Å². The molecule has 4 atom stereocenters. The Bertz CT molecular complexity index is 632. The molecule has 0 spiro atoms. The summed E-state index contributed by atoms with van der Waals surface area (Å²) in [5.74, 6) is -4.48. The number of hydrogen-bond donors (Lipinski definition) is 6. The lowest BCUT2D eigenvalue weighted by Gasteiger charge is -2.26. The average Bonchev–Trinajstić information content (AvgIpc) is 3.16. The first-order valence-electron chi connectivity index (χ1n) is 9.62. The standard InChI is InChI=1S/C18H30N4O7/c1-9(2)14(22-15(25)11-5-4-8-19-11)17(27)21-12(6-7-13(23)24)16(26)20-10(3)18(28)29/h9-12,14,19H,4-8H2,1-3H3,(H,20,26)(H,21,27)(H,22,25)(H,23,24)(H,28,29). The van der Waals surface area contributed by atoms with E-state index in [1.165, 1.54) is 6.92 Å². The van der Waals surface area contributed by atoms with Gasteiger partial charge in [0.25, 0.3) is 0 Å². The first-order chi connectivity index (χ1) is 13.5. The van der Waals surface area contributed by atoms with Crippen molar-refractivity contribution in [2.45, 2.75) is 70.6 Å². The van der Waals surface area contributed by atoms with Gasteiger partial charge >= 0.3 is 11.9 Å². The molecule has 29 heavy (non-hydrogen) atoms. The molecule has 0 saturated carbocycles. The number of carboxylic acid groups (broad SMARTS) is 2. The number of nitrogens with one attached hydrogen (secondary N) is 4. The van der Waals surface area contributed by atoms with Crippen molar-refractivity contribution in [3.8, 4) is 0 Å². The molecule has 0 aromatic rings. The summed E-state index contributed by atoms with van der Waals surface area (Å²) in [5.41, 5.74) is 0. The molecular formula is C18H30N4O7. The minimum absolute atomic E-state index is 0.220. The molecule has 11 heteroatoms. The Morgan fingerprint density at radius 1 is 1.00 bits per heavy atom. The maximum Gasteiger partial charge on any atom is 0.325 e. The van der Waals surface area contributed by atoms with Crippen molar-refractivity contribution in [3.05, 3.63) is 0 Å². The first-order valence-corrected chi connectivity index (χ1v) is 9.62. The fourth-order valence-corrected chi connectivity index (χ4v) is 2.87. The molecule has 11 nitrogen and oxygen atoms in total. The van der Waals surface area contributed by atoms with E-state index in [1.807, 2.05) is 0 Å². The van der Waals surface area contributed by atoms with Crippen LogP contribution in [0.25, 0.3) is 0 Å². The highest BCUT2D eigenvalue weighted by atomic mass is 16.4. The predicted molar refractivity (Wildman–Crippen MR) is 102 cm³/mol. The van der Waals surface area contributed by atoms with Crippen LogP contribution in [-0.4, -0.2) is 70.6 Å². The highest BCUT2D eigenvalue weighted by Crippen LogP contribution is 2.09. The number of carboxylic acids is 2. The number of carbonyl (C=O) groups is 5. The summed E-state index contributed by atoms with van der Waals surface area (Å²) in [4.78, 5) is 59.2. The van der Waals surface area contributed by atoms with Gasteiger partial charge in [-0.1, -0.05) is 13.8 Å². The highest BCUT2D eigenvalue weighted by Gasteiger charge is 2.32. The molecule has 0 bridgehead atoms. The lowest BCUT2D eigenvalue weighted by molar-refractivity contribution is -0.142. The third kappa shape index (κ3) is 8.06. The summed E-state index contributed by atoms with van der Waals surface area (Å²) >= 11 is 0. The van der Waals surface area contributed by atoms with Crippen molar-refractivity contribution in [1.29, 1.82) is 0 Å². The van der Waals surface area contributed by atoms with Crippen LogP contribution >= 0.6 is 0 Å². The molecule has 1 saturated heterocycles. The van der Waals surface area contributed by atoms with E-state index in [1.54, 1.807) is 13.8 Å². The summed E-state index contributed by atoms with van der Waals surface area (Å²) < 4.78 is 0. The van der Waals surface area contributed by atoms with Gasteiger partial charge in [0.2, 0.25) is 17.7 Å². The van der Waals surface area contributed by atoms with Gasteiger partial charge in [0.1, 0.15) is 18.1 Å². The SMILES string of the molecule is CC(NC(=O)C(CCC(=O)O)NC(=O)C(NC(=O)C1CCCN1)C(C)C)C(=O)O. The Morgan fingerprint density at radius 3 is 2.14 bits per heavy atom. The maximum absolute atomic E-state index is 12.7. The minimum Gasteiger partial charge on any atom is -0.481 e. The Labute approximate surface area is 169 Å². The molecule has 0 aromatic heterocycles. The second-order valence-corrected chi connectivity index (χ2v) is 7.44. The number of amides is 3. The second-order valence-electron chi connectivity index (χ2n) is 7.44. The van der Waals surface area contributed by atoms with Crippen molar-refractivity contribution >= 4 is 29.7 Å². The van der Waals surface area contributed by atoms with Crippen molar-refractivity contribution in [3.63, 3.8) is 0 Å². The van der Waals surface area contributed by atoms with E-state index in [-0.39, 0.29) is 24.3 Å². The smallest absolute Gasteiger partial charge is 0.325 e. The quantitative estimate of drug-likeness (QED) is 0.245. The molecule has 3 amide bonds. The van der Waals surface area contributed by atoms with E-state index < -0.39 is 48.3 Å². The van der Waals surface area contributed by atoms with Gasteiger partial charge in [-0.15, -0.1) is 0 Å². The van der Waals surface area contributed by atoms with Gasteiger partial charge in [0.15, 0.2) is 0 Å². The molecule has 0 aliphatic carbocycles. The molecular weight excluding hydrogens is 384 g/mol. The summed E-state index contributed by atoms with van der Waals surface area (Å²) in [6, 6.07) is -3.77. The van der Waals surface area contributed by atoms with Crippen LogP contribution in [0.4, 0.5) is 0 Å². The van der Waals surface area contributed by atoms with Gasteiger partial charge in [-0.05, 0) is 38.6 Å². The van der Waals surface area contributed by atoms with Crippen LogP contribution in [0.3, 0.4) is 0 Å². The van der Waals surface area contributed by atoms with Gasteiger partial charge < -0.3 is 31.5 Å². The van der Waals surface area contributed by atoms with Gasteiger partial charge in [-0.2, -0.15) is 0 Å². The van der Waals surface area contributed by atoms with Gasteiger partial charge in [-0.25, -0.2) is 0 Å². The van der Waals surface area contributed by atoms with Crippen LogP contribution in [0, 0.1) is 5.92 Å². The summed E-state index contributed by atoms with van der Waals surface area (Å²) in [5, 5.41) is 28.2. The van der Waals surface area contributed by atoms with Crippen LogP contribution < -0.4 is 21.3 Å². The van der Waals surface area contributed by atoms with E-state index in [0.717, 1.165) is 13.0 Å². The Kier molecular flexibility index (Phi) is 9.53. The minimum atomic E-state index is -1.27. The predicted octanol–water partition coefficient (Wildman–Crippen LogP) is -1.18. The zero-order valence-electron chi connectivity index (χ0n) is 16.9. The van der Waals surface area contributed by atoms with Crippen LogP contribution in [0.5, 0.6) is 0 Å². The van der Waals surface area contributed by atoms with Crippen LogP contribution in [0.1, 0.15) is 46.5 Å². The zero-order chi connectivity index (χ0) is 22.1. The fourth-order valence-electron chi connectivity index (χ4n) is 2.87. The third-order valence-corrected chi connectivity index (χ3v) is 4.63. The fraction of sp³-hybridized carbons (Fsp3) is 0.722. The molecule has 1 aliphatic heterocycles. The molecule has 6 N–H and O–H groups in total. The topological polar surface area (TPSA) is 174 Å². The Morgan fingerprint density at radius 2 is 1.66 bits per heavy atom. The van der Waals surface area contributed by atoms with Crippen molar-refractivity contribution < 1.29 is 34.2 Å². The summed E-state index contributed by atoms with van der Waals surface area (Å²) in [7, 11) is 0.